The molecule has 0 spiro atoms. The zero-order valence-corrected chi connectivity index (χ0v) is 14.8. The molecule has 0 saturated heterocycles. The van der Waals surface area contributed by atoms with E-state index in [4.69, 9.17) is 0 Å². The predicted molar refractivity (Wildman–Crippen MR) is 94.1 cm³/mol. The number of aliphatic carboxylic acids is 1. The highest BCUT2D eigenvalue weighted by Gasteiger charge is 2.22. The predicted octanol–water partition coefficient (Wildman–Crippen LogP) is 3.69. The number of rotatable bonds is 5. The molecule has 0 fully saturated rings. The Morgan fingerprint density at radius 2 is 1.65 bits per heavy atom. The molecule has 0 aliphatic heterocycles. The number of hydrogen-bond donors (Lipinski definition) is 2. The Hall–Kier alpha value is -2.76. The molecule has 0 aromatic heterocycles. The van der Waals surface area contributed by atoms with E-state index in [2.05, 4.69) is 26.1 Å². The molecule has 2 aromatic carbocycles. The molecule has 6 heteroatoms. The highest BCUT2D eigenvalue weighted by atomic mass is 19.2. The van der Waals surface area contributed by atoms with Gasteiger partial charge in [0.05, 0.1) is 0 Å². The van der Waals surface area contributed by atoms with Gasteiger partial charge in [0.1, 0.15) is 6.04 Å². The molecule has 0 aliphatic carbocycles. The Balaban J connectivity index is 2.12. The van der Waals surface area contributed by atoms with Crippen LogP contribution in [0, 0.1) is 11.6 Å². The van der Waals surface area contributed by atoms with Gasteiger partial charge in [-0.25, -0.2) is 13.6 Å². The van der Waals surface area contributed by atoms with Gasteiger partial charge in [-0.15, -0.1) is 0 Å². The summed E-state index contributed by atoms with van der Waals surface area (Å²) < 4.78 is 26.2. The zero-order chi connectivity index (χ0) is 19.5. The quantitative estimate of drug-likeness (QED) is 0.854. The molecule has 2 aromatic rings. The second kappa shape index (κ2) is 7.64. The van der Waals surface area contributed by atoms with Gasteiger partial charge in [-0.3, -0.25) is 4.79 Å². The van der Waals surface area contributed by atoms with Crippen LogP contribution >= 0.6 is 0 Å². The van der Waals surface area contributed by atoms with Crippen LogP contribution in [-0.4, -0.2) is 23.0 Å². The number of hydrogen-bond acceptors (Lipinski definition) is 2. The topological polar surface area (TPSA) is 66.4 Å². The zero-order valence-electron chi connectivity index (χ0n) is 14.8. The molecule has 0 heterocycles. The fourth-order valence-corrected chi connectivity index (χ4v) is 2.46. The summed E-state index contributed by atoms with van der Waals surface area (Å²) >= 11 is 0. The van der Waals surface area contributed by atoms with E-state index in [9.17, 15) is 23.5 Å². The van der Waals surface area contributed by atoms with E-state index in [1.54, 1.807) is 0 Å². The van der Waals surface area contributed by atoms with Crippen molar-refractivity contribution in [3.8, 4) is 0 Å². The monoisotopic (exact) mass is 361 g/mol. The van der Waals surface area contributed by atoms with E-state index in [0.29, 0.717) is 0 Å². The molecule has 138 valence electrons. The molecule has 2 rings (SSSR count). The number of carboxylic acid groups (broad SMARTS) is 1. The maximum atomic E-state index is 13.2. The summed E-state index contributed by atoms with van der Waals surface area (Å²) in [4.78, 5) is 23.6. The fourth-order valence-electron chi connectivity index (χ4n) is 2.46. The second-order valence-corrected chi connectivity index (χ2v) is 7.14. The van der Waals surface area contributed by atoms with E-state index >= 15 is 0 Å². The molecule has 1 amide bonds. The second-order valence-electron chi connectivity index (χ2n) is 7.14. The van der Waals surface area contributed by atoms with Gasteiger partial charge in [-0.2, -0.15) is 0 Å². The smallest absolute Gasteiger partial charge is 0.326 e. The first-order chi connectivity index (χ1) is 12.1. The largest absolute Gasteiger partial charge is 0.480 e. The van der Waals surface area contributed by atoms with Crippen LogP contribution in [0.25, 0.3) is 0 Å². The molecule has 0 aliphatic rings. The van der Waals surface area contributed by atoms with Crippen molar-refractivity contribution < 1.29 is 23.5 Å². The van der Waals surface area contributed by atoms with Gasteiger partial charge in [0.15, 0.2) is 11.6 Å². The van der Waals surface area contributed by atoms with Gasteiger partial charge < -0.3 is 10.4 Å². The lowest BCUT2D eigenvalue weighted by atomic mass is 9.86. The third-order valence-corrected chi connectivity index (χ3v) is 4.04. The molecule has 0 saturated carbocycles. The van der Waals surface area contributed by atoms with Gasteiger partial charge in [-0.1, -0.05) is 45.0 Å². The summed E-state index contributed by atoms with van der Waals surface area (Å²) in [6.45, 7) is 6.22. The molecular weight excluding hydrogens is 340 g/mol. The Labute approximate surface area is 150 Å². The van der Waals surface area contributed by atoms with E-state index < -0.39 is 29.6 Å². The lowest BCUT2D eigenvalue weighted by Gasteiger charge is -2.20. The number of carbonyl (C=O) groups excluding carboxylic acids is 1. The molecule has 26 heavy (non-hydrogen) atoms. The summed E-state index contributed by atoms with van der Waals surface area (Å²) in [5.74, 6) is -4.22. The number of benzene rings is 2. The van der Waals surface area contributed by atoms with Crippen molar-refractivity contribution in [2.75, 3.05) is 0 Å². The van der Waals surface area contributed by atoms with Gasteiger partial charge in [0.25, 0.3) is 5.91 Å². The fraction of sp³-hybridized carbons (Fsp3) is 0.300. The number of amides is 1. The van der Waals surface area contributed by atoms with Gasteiger partial charge >= 0.3 is 5.97 Å². The van der Waals surface area contributed by atoms with E-state index in [-0.39, 0.29) is 17.4 Å². The SMILES string of the molecule is CC(C)(C)c1ccc(C[C@H](NC(=O)c2ccc(F)c(F)c2)C(=O)O)cc1. The average Bonchev–Trinajstić information content (AvgIpc) is 2.56. The first kappa shape index (κ1) is 19.6. The van der Waals surface area contributed by atoms with Crippen LogP contribution in [0.1, 0.15) is 42.3 Å². The lowest BCUT2D eigenvalue weighted by Crippen LogP contribution is -2.42. The van der Waals surface area contributed by atoms with Crippen LogP contribution in [-0.2, 0) is 16.6 Å². The van der Waals surface area contributed by atoms with Crippen molar-refractivity contribution in [2.45, 2.75) is 38.6 Å². The number of nitrogens with one attached hydrogen (secondary N) is 1. The molecular formula is C20H21F2NO3. The first-order valence-electron chi connectivity index (χ1n) is 8.16. The van der Waals surface area contributed by atoms with Crippen LogP contribution in [0.4, 0.5) is 8.78 Å². The van der Waals surface area contributed by atoms with Crippen LogP contribution in [0.5, 0.6) is 0 Å². The van der Waals surface area contributed by atoms with Gasteiger partial charge in [0.2, 0.25) is 0 Å². The average molecular weight is 361 g/mol. The first-order valence-corrected chi connectivity index (χ1v) is 8.16. The number of carbonyl (C=O) groups is 2. The summed E-state index contributed by atoms with van der Waals surface area (Å²) in [6.07, 6.45) is 0.0785. The van der Waals surface area contributed by atoms with Crippen molar-refractivity contribution in [3.05, 3.63) is 70.8 Å². The summed E-state index contributed by atoms with van der Waals surface area (Å²) in [7, 11) is 0. The highest BCUT2D eigenvalue weighted by Crippen LogP contribution is 2.22. The minimum atomic E-state index is -1.21. The Morgan fingerprint density at radius 3 is 2.15 bits per heavy atom. The van der Waals surface area contributed by atoms with Crippen molar-refractivity contribution in [2.24, 2.45) is 0 Å². The molecule has 2 N–H and O–H groups in total. The van der Waals surface area contributed by atoms with Gasteiger partial charge in [0, 0.05) is 12.0 Å². The highest BCUT2D eigenvalue weighted by molar-refractivity contribution is 5.96. The normalized spacial score (nSPS) is 12.5. The van der Waals surface area contributed by atoms with E-state index in [1.807, 2.05) is 24.3 Å². The van der Waals surface area contributed by atoms with Crippen molar-refractivity contribution in [1.29, 1.82) is 0 Å². The minimum absolute atomic E-state index is 0.0222. The van der Waals surface area contributed by atoms with Crippen molar-refractivity contribution in [1.82, 2.24) is 5.32 Å². The van der Waals surface area contributed by atoms with Crippen molar-refractivity contribution in [3.63, 3.8) is 0 Å². The number of halogens is 2. The maximum absolute atomic E-state index is 13.2. The van der Waals surface area contributed by atoms with Crippen LogP contribution in [0.3, 0.4) is 0 Å². The molecule has 0 radical (unpaired) electrons. The lowest BCUT2D eigenvalue weighted by molar-refractivity contribution is -0.139. The maximum Gasteiger partial charge on any atom is 0.326 e. The minimum Gasteiger partial charge on any atom is -0.480 e. The van der Waals surface area contributed by atoms with Gasteiger partial charge in [-0.05, 0) is 34.7 Å². The Kier molecular flexibility index (Phi) is 5.75. The van der Waals surface area contributed by atoms with E-state index in [0.717, 1.165) is 29.3 Å². The molecule has 0 bridgehead atoms. The molecule has 0 unspecified atom stereocenters. The van der Waals surface area contributed by atoms with Crippen LogP contribution < -0.4 is 5.32 Å². The van der Waals surface area contributed by atoms with E-state index in [1.165, 1.54) is 0 Å². The number of carboxylic acids is 1. The summed E-state index contributed by atoms with van der Waals surface area (Å²) in [6, 6.07) is 8.96. The third kappa shape index (κ3) is 4.88. The molecule has 4 nitrogen and oxygen atoms in total. The Morgan fingerprint density at radius 1 is 1.04 bits per heavy atom. The van der Waals surface area contributed by atoms with Crippen LogP contribution in [0.2, 0.25) is 0 Å². The third-order valence-electron chi connectivity index (χ3n) is 4.04. The van der Waals surface area contributed by atoms with Crippen LogP contribution in [0.15, 0.2) is 42.5 Å². The Bertz CT molecular complexity index is 811. The standard InChI is InChI=1S/C20H21F2NO3/c1-20(2,3)14-7-4-12(5-8-14)10-17(19(25)26)23-18(24)13-6-9-15(21)16(22)11-13/h4-9,11,17H,10H2,1-3H3,(H,23,24)(H,25,26)/t17-/m0/s1. The summed E-state index contributed by atoms with van der Waals surface area (Å²) in [5, 5.41) is 11.7. The molecule has 1 atom stereocenters. The van der Waals surface area contributed by atoms with Crippen molar-refractivity contribution >= 4 is 11.9 Å². The summed E-state index contributed by atoms with van der Waals surface area (Å²) in [5.41, 5.74) is 1.69.